The van der Waals surface area contributed by atoms with Crippen LogP contribution >= 0.6 is 0 Å². The van der Waals surface area contributed by atoms with Gasteiger partial charge in [-0.1, -0.05) is 0 Å². The third-order valence-corrected chi connectivity index (χ3v) is 3.46. The van der Waals surface area contributed by atoms with Gasteiger partial charge in [-0.2, -0.15) is 0 Å². The predicted octanol–water partition coefficient (Wildman–Crippen LogP) is 0.627. The molecule has 1 aliphatic rings. The van der Waals surface area contributed by atoms with E-state index in [4.69, 9.17) is 0 Å². The molecule has 0 unspecified atom stereocenters. The fourth-order valence-corrected chi connectivity index (χ4v) is 2.84. The van der Waals surface area contributed by atoms with Crippen LogP contribution in [0.2, 0.25) is 0 Å². The summed E-state index contributed by atoms with van der Waals surface area (Å²) in [5.41, 5.74) is 1.56. The van der Waals surface area contributed by atoms with Crippen molar-refractivity contribution in [2.45, 2.75) is 19.3 Å². The predicted molar refractivity (Wildman–Crippen MR) is 33.2 cm³/mol. The molecule has 42 valence electrons. The first-order valence-corrected chi connectivity index (χ1v) is 4.51. The van der Waals surface area contributed by atoms with E-state index >= 15 is 0 Å². The molecule has 0 aliphatic heterocycles. The summed E-state index contributed by atoms with van der Waals surface area (Å²) in [5, 5.41) is 0. The monoisotopic (exact) mass is 173 g/mol. The van der Waals surface area contributed by atoms with Crippen molar-refractivity contribution in [3.63, 3.8) is 0 Å². The van der Waals surface area contributed by atoms with Gasteiger partial charge in [0.05, 0.1) is 0 Å². The molecule has 0 aromatic carbocycles. The van der Waals surface area contributed by atoms with Crippen molar-refractivity contribution >= 4 is 14.7 Å². The van der Waals surface area contributed by atoms with E-state index in [1.807, 2.05) is 0 Å². The molecular formula is C6H7NSe. The Balaban J connectivity index is 2.54. The SMILES string of the molecule is c1n[se]c2c1CCC2. The van der Waals surface area contributed by atoms with E-state index in [2.05, 4.69) is 10.2 Å². The van der Waals surface area contributed by atoms with Crippen molar-refractivity contribution in [2.24, 2.45) is 0 Å². The van der Waals surface area contributed by atoms with Gasteiger partial charge in [0.1, 0.15) is 0 Å². The molecule has 8 heavy (non-hydrogen) atoms. The summed E-state index contributed by atoms with van der Waals surface area (Å²) in [6.45, 7) is 0. The number of aryl methyl sites for hydroxylation is 2. The molecule has 1 heterocycles. The quantitative estimate of drug-likeness (QED) is 0.523. The zero-order valence-electron chi connectivity index (χ0n) is 4.55. The van der Waals surface area contributed by atoms with E-state index in [0.29, 0.717) is 14.7 Å². The van der Waals surface area contributed by atoms with E-state index in [1.54, 1.807) is 10.0 Å². The molecular weight excluding hydrogens is 165 g/mol. The fourth-order valence-electron chi connectivity index (χ4n) is 1.13. The van der Waals surface area contributed by atoms with E-state index < -0.39 is 0 Å². The van der Waals surface area contributed by atoms with Crippen molar-refractivity contribution in [3.8, 4) is 0 Å². The van der Waals surface area contributed by atoms with Gasteiger partial charge in [-0.25, -0.2) is 0 Å². The Morgan fingerprint density at radius 1 is 1.50 bits per heavy atom. The Morgan fingerprint density at radius 2 is 2.50 bits per heavy atom. The van der Waals surface area contributed by atoms with Crippen molar-refractivity contribution < 1.29 is 0 Å². The van der Waals surface area contributed by atoms with E-state index in [9.17, 15) is 0 Å². The summed E-state index contributed by atoms with van der Waals surface area (Å²) in [5.74, 6) is 0. The number of rotatable bonds is 0. The number of hydrogen-bond acceptors (Lipinski definition) is 1. The standard InChI is InChI=1S/C6H7NSe/c1-2-5-4-7-8-6(5)3-1/h4H,1-3H2. The van der Waals surface area contributed by atoms with Gasteiger partial charge in [0.2, 0.25) is 0 Å². The first-order chi connectivity index (χ1) is 3.97. The molecule has 0 spiro atoms. The minimum absolute atomic E-state index is 0.520. The molecule has 0 fully saturated rings. The third-order valence-electron chi connectivity index (χ3n) is 1.58. The molecule has 0 bridgehead atoms. The average molecular weight is 172 g/mol. The Kier molecular flexibility index (Phi) is 1.02. The maximum atomic E-state index is 4.23. The van der Waals surface area contributed by atoms with Crippen molar-refractivity contribution in [1.29, 1.82) is 0 Å². The molecule has 0 N–H and O–H groups in total. The van der Waals surface area contributed by atoms with Crippen LogP contribution < -0.4 is 0 Å². The van der Waals surface area contributed by atoms with Crippen LogP contribution in [-0.4, -0.2) is 18.7 Å². The first kappa shape index (κ1) is 4.78. The molecule has 0 saturated heterocycles. The van der Waals surface area contributed by atoms with Crippen molar-refractivity contribution in [1.82, 2.24) is 3.98 Å². The summed E-state index contributed by atoms with van der Waals surface area (Å²) in [4.78, 5) is 0. The molecule has 2 heteroatoms. The Bertz CT molecular complexity index is 174. The molecule has 1 nitrogen and oxygen atoms in total. The van der Waals surface area contributed by atoms with Gasteiger partial charge in [-0.05, 0) is 0 Å². The molecule has 2 rings (SSSR count). The third kappa shape index (κ3) is 0.568. The zero-order chi connectivity index (χ0) is 5.40. The van der Waals surface area contributed by atoms with Crippen LogP contribution in [0.4, 0.5) is 0 Å². The van der Waals surface area contributed by atoms with Crippen molar-refractivity contribution in [2.75, 3.05) is 0 Å². The average Bonchev–Trinajstić information content (AvgIpc) is 2.15. The summed E-state index contributed by atoms with van der Waals surface area (Å²) < 4.78 is 5.90. The molecule has 0 amide bonds. The van der Waals surface area contributed by atoms with Crippen molar-refractivity contribution in [3.05, 3.63) is 16.2 Å². The van der Waals surface area contributed by atoms with Crippen LogP contribution in [0.5, 0.6) is 0 Å². The van der Waals surface area contributed by atoms with Crippen LogP contribution in [0.25, 0.3) is 0 Å². The minimum atomic E-state index is 0.520. The summed E-state index contributed by atoms with van der Waals surface area (Å²) in [6.07, 6.45) is 6.11. The number of fused-ring (bicyclic) bond motifs is 1. The van der Waals surface area contributed by atoms with Gasteiger partial charge < -0.3 is 0 Å². The second-order valence-electron chi connectivity index (χ2n) is 2.13. The van der Waals surface area contributed by atoms with Crippen LogP contribution in [0, 0.1) is 0 Å². The van der Waals surface area contributed by atoms with Gasteiger partial charge >= 0.3 is 54.2 Å². The topological polar surface area (TPSA) is 12.9 Å². The molecule has 1 aromatic heterocycles. The molecule has 1 aliphatic carbocycles. The van der Waals surface area contributed by atoms with E-state index in [0.717, 1.165) is 0 Å². The van der Waals surface area contributed by atoms with E-state index in [1.165, 1.54) is 19.3 Å². The summed E-state index contributed by atoms with van der Waals surface area (Å²) >= 11 is 0.520. The van der Waals surface area contributed by atoms with Crippen LogP contribution in [0.3, 0.4) is 0 Å². The summed E-state index contributed by atoms with van der Waals surface area (Å²) in [6, 6.07) is 0. The van der Waals surface area contributed by atoms with Gasteiger partial charge in [-0.15, -0.1) is 0 Å². The zero-order valence-corrected chi connectivity index (χ0v) is 6.27. The summed E-state index contributed by atoms with van der Waals surface area (Å²) in [7, 11) is 0. The molecule has 1 aromatic rings. The molecule has 0 radical (unpaired) electrons. The van der Waals surface area contributed by atoms with Crippen LogP contribution in [0.15, 0.2) is 6.20 Å². The Morgan fingerprint density at radius 3 is 3.38 bits per heavy atom. The van der Waals surface area contributed by atoms with Crippen LogP contribution in [-0.2, 0) is 12.8 Å². The first-order valence-electron chi connectivity index (χ1n) is 2.89. The molecule has 0 saturated carbocycles. The second-order valence-corrected chi connectivity index (χ2v) is 3.99. The molecule has 0 atom stereocenters. The van der Waals surface area contributed by atoms with E-state index in [-0.39, 0.29) is 0 Å². The Hall–Kier alpha value is -0.0705. The normalized spacial score (nSPS) is 16.5. The van der Waals surface area contributed by atoms with Gasteiger partial charge in [0, 0.05) is 0 Å². The number of nitrogens with zero attached hydrogens (tertiary/aromatic N) is 1. The number of hydrogen-bond donors (Lipinski definition) is 0. The van der Waals surface area contributed by atoms with Crippen LogP contribution in [0.1, 0.15) is 16.4 Å². The van der Waals surface area contributed by atoms with Gasteiger partial charge in [-0.3, -0.25) is 0 Å². The Labute approximate surface area is 54.7 Å². The fraction of sp³-hybridized carbons (Fsp3) is 0.500. The van der Waals surface area contributed by atoms with Gasteiger partial charge in [0.25, 0.3) is 0 Å². The second kappa shape index (κ2) is 1.71. The maximum absolute atomic E-state index is 4.23. The number of aromatic nitrogens is 1. The van der Waals surface area contributed by atoms with Gasteiger partial charge in [0.15, 0.2) is 0 Å².